The maximum atomic E-state index is 13.0. The number of allylic oxidation sites excluding steroid dienone is 1. The molecule has 0 aliphatic carbocycles. The van der Waals surface area contributed by atoms with Crippen LogP contribution in [0.3, 0.4) is 0 Å². The Morgan fingerprint density at radius 1 is 1.28 bits per heavy atom. The fraction of sp³-hybridized carbons (Fsp3) is 0.708. The molecule has 2 amide bonds. The Hall–Kier alpha value is -1.93. The van der Waals surface area contributed by atoms with Crippen LogP contribution in [0, 0.1) is 17.3 Å². The summed E-state index contributed by atoms with van der Waals surface area (Å²) in [5, 5.41) is 2.94. The first-order valence-electron chi connectivity index (χ1n) is 11.5. The lowest BCUT2D eigenvalue weighted by molar-refractivity contribution is -0.160. The maximum absolute atomic E-state index is 13.0. The first-order valence-corrected chi connectivity index (χ1v) is 14.3. The van der Waals surface area contributed by atoms with E-state index in [1.54, 1.807) is 11.0 Å². The Morgan fingerprint density at radius 3 is 2.47 bits per heavy atom. The van der Waals surface area contributed by atoms with E-state index in [-0.39, 0.29) is 54.1 Å². The molecule has 2 saturated heterocycles. The van der Waals surface area contributed by atoms with Crippen molar-refractivity contribution in [2.75, 3.05) is 19.7 Å². The molecule has 2 heterocycles. The first kappa shape index (κ1) is 26.3. The zero-order chi connectivity index (χ0) is 24.3. The molecule has 0 bridgehead atoms. The third-order valence-corrected chi connectivity index (χ3v) is 7.68. The molecule has 1 unspecified atom stereocenters. The molecule has 0 aromatic rings. The van der Waals surface area contributed by atoms with Crippen LogP contribution in [0.15, 0.2) is 24.3 Å². The molecule has 7 nitrogen and oxygen atoms in total. The maximum Gasteiger partial charge on any atom is 0.410 e. The van der Waals surface area contributed by atoms with Gasteiger partial charge in [-0.05, 0) is 50.3 Å². The average Bonchev–Trinajstić information content (AvgIpc) is 3.12. The molecule has 2 aliphatic rings. The molecule has 2 fully saturated rings. The van der Waals surface area contributed by atoms with Crippen molar-refractivity contribution in [3.05, 3.63) is 24.3 Å². The highest BCUT2D eigenvalue weighted by molar-refractivity contribution is 6.48. The van der Waals surface area contributed by atoms with Gasteiger partial charge in [-0.3, -0.25) is 9.59 Å². The lowest BCUT2D eigenvalue weighted by atomic mass is 9.63. The average molecular weight is 465 g/mol. The van der Waals surface area contributed by atoms with Crippen LogP contribution in [0.4, 0.5) is 4.79 Å². The fourth-order valence-electron chi connectivity index (χ4n) is 4.57. The summed E-state index contributed by atoms with van der Waals surface area (Å²) in [7, 11) is -1.41. The van der Waals surface area contributed by atoms with Crippen LogP contribution < -0.4 is 5.32 Å². The predicted molar refractivity (Wildman–Crippen MR) is 128 cm³/mol. The molecular weight excluding hydrogens is 424 g/mol. The fourth-order valence-corrected chi connectivity index (χ4v) is 6.05. The first-order chi connectivity index (χ1) is 14.8. The minimum absolute atomic E-state index is 0.0192. The smallest absolute Gasteiger partial charge is 0.410 e. The minimum atomic E-state index is -1.41. The van der Waals surface area contributed by atoms with Crippen molar-refractivity contribution >= 4 is 26.8 Å². The largest absolute Gasteiger partial charge is 0.445 e. The molecular formula is C24H40N2O5Si. The Labute approximate surface area is 194 Å². The van der Waals surface area contributed by atoms with Gasteiger partial charge in [0, 0.05) is 19.5 Å². The van der Waals surface area contributed by atoms with E-state index < -0.39 is 14.6 Å². The second-order valence-electron chi connectivity index (χ2n) is 10.5. The number of ether oxygens (including phenoxy) is 1. The number of hydrogen-bond acceptors (Lipinski definition) is 5. The van der Waals surface area contributed by atoms with Crippen LogP contribution in [0.2, 0.25) is 13.1 Å². The molecule has 0 radical (unpaired) electrons. The summed E-state index contributed by atoms with van der Waals surface area (Å²) in [5.41, 5.74) is -0.199. The quantitative estimate of drug-likeness (QED) is 0.244. The van der Waals surface area contributed by atoms with Crippen molar-refractivity contribution < 1.29 is 23.5 Å². The van der Waals surface area contributed by atoms with Gasteiger partial charge in [-0.15, -0.1) is 0 Å². The number of carbonyl (C=O) groups excluding carboxylic acids is 3. The van der Waals surface area contributed by atoms with Gasteiger partial charge in [-0.1, -0.05) is 39.5 Å². The van der Waals surface area contributed by atoms with Gasteiger partial charge >= 0.3 is 6.09 Å². The number of ketones is 1. The number of nitrogens with one attached hydrogen (secondary N) is 1. The number of Topliss-reactive ketones (excluding diaryl/α,β-unsaturated/α-hetero) is 1. The molecule has 32 heavy (non-hydrogen) atoms. The van der Waals surface area contributed by atoms with Gasteiger partial charge in [-0.2, -0.15) is 0 Å². The van der Waals surface area contributed by atoms with Gasteiger partial charge < -0.3 is 19.4 Å². The second kappa shape index (κ2) is 10.3. The SMILES string of the molecule is C=CCOC(=O)N1CCC(/C=C(\C)C(=O)C[C@H]2NC(=O)[C@@H]2[C@@](C)(O[SiH](C)C)C(C)(C)C)C1. The topological polar surface area (TPSA) is 84.9 Å². The molecule has 2 aliphatic heterocycles. The lowest BCUT2D eigenvalue weighted by Crippen LogP contribution is -2.70. The Balaban J connectivity index is 2.03. The third kappa shape index (κ3) is 5.89. The standard InChI is InChI=1S/C24H40N2O5Si/c1-9-12-30-22(29)26-11-10-17(15-26)13-16(2)19(27)14-18-20(21(28)25-18)24(6,23(3,4)5)31-32(7)8/h9,13,17-18,20,32H,1,10-12,14-15H2,2-8H3,(H,25,28)/b16-13+/t17?,18-,20-,24-/m1/s1. The van der Waals surface area contributed by atoms with Crippen molar-refractivity contribution in [2.24, 2.45) is 17.3 Å². The van der Waals surface area contributed by atoms with E-state index in [0.29, 0.717) is 18.7 Å². The molecule has 0 saturated carbocycles. The van der Waals surface area contributed by atoms with Crippen molar-refractivity contribution in [3.63, 3.8) is 0 Å². The summed E-state index contributed by atoms with van der Waals surface area (Å²) >= 11 is 0. The van der Waals surface area contributed by atoms with Gasteiger partial charge in [0.05, 0.1) is 17.6 Å². The van der Waals surface area contributed by atoms with Gasteiger partial charge in [0.2, 0.25) is 5.91 Å². The van der Waals surface area contributed by atoms with E-state index in [1.165, 1.54) is 0 Å². The monoisotopic (exact) mass is 464 g/mol. The van der Waals surface area contributed by atoms with E-state index in [2.05, 4.69) is 45.8 Å². The zero-order valence-electron chi connectivity index (χ0n) is 20.7. The highest BCUT2D eigenvalue weighted by atomic mass is 28.3. The number of likely N-dealkylation sites (tertiary alicyclic amines) is 1. The van der Waals surface area contributed by atoms with Crippen molar-refractivity contribution in [3.8, 4) is 0 Å². The van der Waals surface area contributed by atoms with Crippen LogP contribution >= 0.6 is 0 Å². The molecule has 0 spiro atoms. The molecule has 2 rings (SSSR count). The van der Waals surface area contributed by atoms with E-state index >= 15 is 0 Å². The van der Waals surface area contributed by atoms with Crippen LogP contribution in [0.25, 0.3) is 0 Å². The summed E-state index contributed by atoms with van der Waals surface area (Å²) in [5.74, 6) is -0.250. The van der Waals surface area contributed by atoms with E-state index in [9.17, 15) is 14.4 Å². The van der Waals surface area contributed by atoms with Gasteiger partial charge in [0.1, 0.15) is 6.61 Å². The second-order valence-corrected chi connectivity index (χ2v) is 12.8. The molecule has 8 heteroatoms. The third-order valence-electron chi connectivity index (χ3n) is 6.71. The summed E-state index contributed by atoms with van der Waals surface area (Å²) < 4.78 is 11.5. The molecule has 1 N–H and O–H groups in total. The van der Waals surface area contributed by atoms with Crippen molar-refractivity contribution in [2.45, 2.75) is 72.2 Å². The van der Waals surface area contributed by atoms with Gasteiger partial charge in [0.25, 0.3) is 0 Å². The van der Waals surface area contributed by atoms with Gasteiger partial charge in [0.15, 0.2) is 14.8 Å². The zero-order valence-corrected chi connectivity index (χ0v) is 21.8. The molecule has 180 valence electrons. The minimum Gasteiger partial charge on any atom is -0.445 e. The summed E-state index contributed by atoms with van der Waals surface area (Å²) in [6.45, 7) is 19.2. The predicted octanol–water partition coefficient (Wildman–Crippen LogP) is 3.46. The summed E-state index contributed by atoms with van der Waals surface area (Å²) in [4.78, 5) is 39.2. The van der Waals surface area contributed by atoms with E-state index in [0.717, 1.165) is 6.42 Å². The van der Waals surface area contributed by atoms with Crippen LogP contribution in [-0.2, 0) is 18.8 Å². The summed E-state index contributed by atoms with van der Waals surface area (Å²) in [6.07, 6.45) is 4.20. The number of hydrogen-bond donors (Lipinski definition) is 1. The number of rotatable bonds is 9. The number of carbonyl (C=O) groups is 3. The number of β-lactam (4-membered cyclic amide) rings is 1. The van der Waals surface area contributed by atoms with Crippen LogP contribution in [0.1, 0.15) is 47.5 Å². The Kier molecular flexibility index (Phi) is 8.50. The molecule has 0 aromatic carbocycles. The van der Waals surface area contributed by atoms with Crippen molar-refractivity contribution in [1.29, 1.82) is 0 Å². The van der Waals surface area contributed by atoms with Crippen molar-refractivity contribution in [1.82, 2.24) is 10.2 Å². The Bertz CT molecular complexity index is 773. The molecule has 0 aromatic heterocycles. The number of amides is 2. The number of nitrogens with zero attached hydrogens (tertiary/aromatic N) is 1. The Morgan fingerprint density at radius 2 is 1.94 bits per heavy atom. The normalized spacial score (nSPS) is 25.8. The van der Waals surface area contributed by atoms with Crippen LogP contribution in [0.5, 0.6) is 0 Å². The van der Waals surface area contributed by atoms with E-state index in [1.807, 2.05) is 19.9 Å². The van der Waals surface area contributed by atoms with Crippen LogP contribution in [-0.4, -0.2) is 63.1 Å². The summed E-state index contributed by atoms with van der Waals surface area (Å²) in [6, 6.07) is -0.232. The van der Waals surface area contributed by atoms with Gasteiger partial charge in [-0.25, -0.2) is 4.79 Å². The lowest BCUT2D eigenvalue weighted by Gasteiger charge is -2.54. The van der Waals surface area contributed by atoms with E-state index in [4.69, 9.17) is 9.16 Å². The highest BCUT2D eigenvalue weighted by Crippen LogP contribution is 2.45. The molecule has 4 atom stereocenters. The highest BCUT2D eigenvalue weighted by Gasteiger charge is 2.57.